The van der Waals surface area contributed by atoms with E-state index < -0.39 is 0 Å². The summed E-state index contributed by atoms with van der Waals surface area (Å²) in [5, 5.41) is 11.1. The van der Waals surface area contributed by atoms with Gasteiger partial charge in [-0.3, -0.25) is 0 Å². The lowest BCUT2D eigenvalue weighted by atomic mass is 9.89. The van der Waals surface area contributed by atoms with Crippen molar-refractivity contribution in [3.05, 3.63) is 22.5 Å². The molecule has 1 aliphatic carbocycles. The topological polar surface area (TPSA) is 75.1 Å². The molecule has 0 saturated heterocycles. The maximum atomic E-state index is 5.70. The summed E-state index contributed by atoms with van der Waals surface area (Å²) in [6.45, 7) is 1.98. The maximum absolute atomic E-state index is 5.70. The molecule has 3 N–H and O–H groups in total. The van der Waals surface area contributed by atoms with Gasteiger partial charge in [0.05, 0.1) is 17.6 Å². The van der Waals surface area contributed by atoms with Gasteiger partial charge in [-0.15, -0.1) is 0 Å². The number of aliphatic imine (C=N–C) groups is 1. The number of hydrogen-bond acceptors (Lipinski definition) is 5. The van der Waals surface area contributed by atoms with Crippen molar-refractivity contribution < 1.29 is 0 Å². The largest absolute Gasteiger partial charge is 0.369 e. The Balaban J connectivity index is 2.21. The molecule has 0 bridgehead atoms. The van der Waals surface area contributed by atoms with E-state index in [0.29, 0.717) is 5.96 Å². The fourth-order valence-corrected chi connectivity index (χ4v) is 2.12. The Morgan fingerprint density at radius 1 is 1.40 bits per heavy atom. The molecule has 0 aromatic heterocycles. The number of nitrogens with one attached hydrogen (secondary N) is 1. The van der Waals surface area contributed by atoms with Crippen LogP contribution in [0, 0.1) is 0 Å². The van der Waals surface area contributed by atoms with Crippen molar-refractivity contribution in [2.75, 3.05) is 0 Å². The third-order valence-corrected chi connectivity index (χ3v) is 2.84. The minimum atomic E-state index is 0.445. The minimum Gasteiger partial charge on any atom is -0.369 e. The molecule has 0 spiro atoms. The van der Waals surface area contributed by atoms with Crippen molar-refractivity contribution >= 4 is 17.9 Å². The molecule has 0 atom stereocenters. The first kappa shape index (κ1) is 8.40. The van der Waals surface area contributed by atoms with Crippen molar-refractivity contribution in [3.63, 3.8) is 0 Å². The van der Waals surface area contributed by atoms with Gasteiger partial charge in [0.1, 0.15) is 0 Å². The van der Waals surface area contributed by atoms with E-state index in [2.05, 4.69) is 20.5 Å². The van der Waals surface area contributed by atoms with Gasteiger partial charge in [0.15, 0.2) is 5.96 Å². The lowest BCUT2D eigenvalue weighted by Crippen LogP contribution is -2.37. The lowest BCUT2D eigenvalue weighted by Gasteiger charge is -2.25. The molecule has 0 radical (unpaired) electrons. The van der Waals surface area contributed by atoms with Crippen molar-refractivity contribution in [2.45, 2.75) is 19.8 Å². The second-order valence-corrected chi connectivity index (χ2v) is 3.77. The van der Waals surface area contributed by atoms with Gasteiger partial charge in [0, 0.05) is 11.3 Å². The summed E-state index contributed by atoms with van der Waals surface area (Å²) in [5.41, 5.74) is 11.1. The Bertz CT molecular complexity index is 490. The highest BCUT2D eigenvalue weighted by atomic mass is 15.2. The van der Waals surface area contributed by atoms with Crippen LogP contribution in [0.3, 0.4) is 0 Å². The van der Waals surface area contributed by atoms with Gasteiger partial charge in [-0.1, -0.05) is 0 Å². The second kappa shape index (κ2) is 2.79. The van der Waals surface area contributed by atoms with Gasteiger partial charge in [0.2, 0.25) is 0 Å². The number of nitrogens with zero attached hydrogens (tertiary/aromatic N) is 3. The third-order valence-electron chi connectivity index (χ3n) is 2.84. The molecule has 5 nitrogen and oxygen atoms in total. The molecule has 0 aromatic carbocycles. The number of rotatable bonds is 0. The van der Waals surface area contributed by atoms with Crippen LogP contribution in [0.2, 0.25) is 0 Å². The van der Waals surface area contributed by atoms with Gasteiger partial charge >= 0.3 is 0 Å². The molecule has 0 amide bonds. The van der Waals surface area contributed by atoms with Crippen LogP contribution in [-0.4, -0.2) is 17.9 Å². The van der Waals surface area contributed by atoms with E-state index in [9.17, 15) is 0 Å². The van der Waals surface area contributed by atoms with Crippen LogP contribution >= 0.6 is 0 Å². The van der Waals surface area contributed by atoms with E-state index in [4.69, 9.17) is 5.73 Å². The number of fused-ring (bicyclic) bond motifs is 2. The molecule has 0 saturated carbocycles. The molecular formula is C10H11N5. The normalized spacial score (nSPS) is 23.3. The van der Waals surface area contributed by atoms with E-state index in [1.165, 1.54) is 5.57 Å². The standard InChI is InChI=1S/C10H11N5/c1-5-6-2-3-8-7(4-12-15-8)9(6)14-10(11)13-5/h4H,2-3H2,1H3,(H3,11,13,14). The average Bonchev–Trinajstić information content (AvgIpc) is 2.65. The zero-order chi connectivity index (χ0) is 10.4. The smallest absolute Gasteiger partial charge is 0.198 e. The van der Waals surface area contributed by atoms with Crippen molar-refractivity contribution in [1.29, 1.82) is 0 Å². The van der Waals surface area contributed by atoms with Crippen LogP contribution in [0.25, 0.3) is 0 Å². The predicted molar refractivity (Wildman–Crippen MR) is 59.6 cm³/mol. The van der Waals surface area contributed by atoms with Crippen LogP contribution in [0.15, 0.2) is 37.7 Å². The van der Waals surface area contributed by atoms with E-state index in [0.717, 1.165) is 35.5 Å². The Morgan fingerprint density at radius 2 is 2.27 bits per heavy atom. The van der Waals surface area contributed by atoms with Gasteiger partial charge in [-0.05, 0) is 25.3 Å². The lowest BCUT2D eigenvalue weighted by molar-refractivity contribution is 0.892. The number of allylic oxidation sites excluding steroid dienone is 3. The van der Waals surface area contributed by atoms with Gasteiger partial charge in [-0.2, -0.15) is 10.2 Å². The SMILES string of the molecule is CC1=C2CCC3=NN=CC3=C2NC(N)=N1. The molecule has 5 heteroatoms. The Morgan fingerprint density at radius 3 is 3.13 bits per heavy atom. The first-order valence-corrected chi connectivity index (χ1v) is 4.91. The molecule has 0 aromatic rings. The Labute approximate surface area is 87.2 Å². The van der Waals surface area contributed by atoms with E-state index in [1.54, 1.807) is 6.21 Å². The Kier molecular flexibility index (Phi) is 1.56. The number of guanidine groups is 1. The summed E-state index contributed by atoms with van der Waals surface area (Å²) in [4.78, 5) is 4.23. The molecule has 15 heavy (non-hydrogen) atoms. The summed E-state index contributed by atoms with van der Waals surface area (Å²) in [6, 6.07) is 0. The van der Waals surface area contributed by atoms with Gasteiger partial charge in [0.25, 0.3) is 0 Å². The highest BCUT2D eigenvalue weighted by Gasteiger charge is 2.27. The minimum absolute atomic E-state index is 0.445. The van der Waals surface area contributed by atoms with Gasteiger partial charge < -0.3 is 11.1 Å². The second-order valence-electron chi connectivity index (χ2n) is 3.77. The summed E-state index contributed by atoms with van der Waals surface area (Å²) in [7, 11) is 0. The first-order chi connectivity index (χ1) is 7.25. The molecule has 0 unspecified atom stereocenters. The van der Waals surface area contributed by atoms with Crippen LogP contribution < -0.4 is 11.1 Å². The highest BCUT2D eigenvalue weighted by molar-refractivity contribution is 6.20. The van der Waals surface area contributed by atoms with Crippen LogP contribution in [0.4, 0.5) is 0 Å². The molecule has 0 fully saturated rings. The molecule has 76 valence electrons. The molecular weight excluding hydrogens is 190 g/mol. The molecule has 2 aliphatic heterocycles. The fourth-order valence-electron chi connectivity index (χ4n) is 2.12. The summed E-state index contributed by atoms with van der Waals surface area (Å²) in [5.74, 6) is 0.445. The zero-order valence-electron chi connectivity index (χ0n) is 8.41. The third kappa shape index (κ3) is 1.12. The zero-order valence-corrected chi connectivity index (χ0v) is 8.41. The van der Waals surface area contributed by atoms with Crippen molar-refractivity contribution in [3.8, 4) is 0 Å². The fraction of sp³-hybridized carbons (Fsp3) is 0.300. The first-order valence-electron chi connectivity index (χ1n) is 4.91. The molecule has 2 heterocycles. The van der Waals surface area contributed by atoms with Crippen LogP contribution in [-0.2, 0) is 0 Å². The van der Waals surface area contributed by atoms with Crippen molar-refractivity contribution in [2.24, 2.45) is 20.9 Å². The monoisotopic (exact) mass is 201 g/mol. The summed E-state index contributed by atoms with van der Waals surface area (Å²) >= 11 is 0. The van der Waals surface area contributed by atoms with Crippen molar-refractivity contribution in [1.82, 2.24) is 5.32 Å². The van der Waals surface area contributed by atoms with E-state index in [-0.39, 0.29) is 0 Å². The summed E-state index contributed by atoms with van der Waals surface area (Å²) < 4.78 is 0. The van der Waals surface area contributed by atoms with Crippen LogP contribution in [0.1, 0.15) is 19.8 Å². The van der Waals surface area contributed by atoms with Gasteiger partial charge in [-0.25, -0.2) is 4.99 Å². The predicted octanol–water partition coefficient (Wildman–Crippen LogP) is 0.667. The molecule has 3 aliphatic rings. The van der Waals surface area contributed by atoms with Crippen LogP contribution in [0.5, 0.6) is 0 Å². The number of hydrogen-bond donors (Lipinski definition) is 2. The average molecular weight is 201 g/mol. The maximum Gasteiger partial charge on any atom is 0.198 e. The number of nitrogens with two attached hydrogens (primary N) is 1. The highest BCUT2D eigenvalue weighted by Crippen LogP contribution is 2.31. The van der Waals surface area contributed by atoms with E-state index >= 15 is 0 Å². The molecule has 3 rings (SSSR count). The quantitative estimate of drug-likeness (QED) is 0.604. The van der Waals surface area contributed by atoms with E-state index in [1.807, 2.05) is 6.92 Å². The summed E-state index contributed by atoms with van der Waals surface area (Å²) in [6.07, 6.45) is 3.67. The Hall–Kier alpha value is -1.91.